The minimum atomic E-state index is -2.40. The molecule has 0 aliphatic rings. The van der Waals surface area contributed by atoms with Crippen LogP contribution in [-0.2, 0) is 13.3 Å². The van der Waals surface area contributed by atoms with Crippen LogP contribution in [0.25, 0.3) is 0 Å². The Kier molecular flexibility index (Phi) is 11.4. The lowest BCUT2D eigenvalue weighted by Crippen LogP contribution is -2.46. The molecule has 17 heavy (non-hydrogen) atoms. The van der Waals surface area contributed by atoms with E-state index in [2.05, 4.69) is 12.2 Å². The number of allylic oxidation sites excluding steroid dienone is 1. The Morgan fingerprint density at radius 2 is 1.53 bits per heavy atom. The maximum absolute atomic E-state index is 5.78. The van der Waals surface area contributed by atoms with Gasteiger partial charge in [0.2, 0.25) is 0 Å². The number of rotatable bonds is 11. The van der Waals surface area contributed by atoms with Crippen LogP contribution in [0.15, 0.2) is 12.2 Å². The minimum absolute atomic E-state index is 0.658. The Balaban J connectivity index is 4.13. The van der Waals surface area contributed by atoms with Crippen molar-refractivity contribution in [3.63, 3.8) is 0 Å². The smallest absolute Gasteiger partial charge is 0.374 e. The predicted molar refractivity (Wildman–Crippen MR) is 77.6 cm³/mol. The van der Waals surface area contributed by atoms with Crippen molar-refractivity contribution < 1.29 is 13.3 Å². The topological polar surface area (TPSA) is 27.7 Å². The van der Waals surface area contributed by atoms with E-state index in [0.717, 1.165) is 17.5 Å². The average Bonchev–Trinajstić information content (AvgIpc) is 2.30. The van der Waals surface area contributed by atoms with Gasteiger partial charge < -0.3 is 13.3 Å². The molecule has 0 saturated carbocycles. The summed E-state index contributed by atoms with van der Waals surface area (Å²) in [4.78, 5) is 0. The van der Waals surface area contributed by atoms with Crippen molar-refractivity contribution in [2.24, 2.45) is 0 Å². The van der Waals surface area contributed by atoms with Gasteiger partial charge >= 0.3 is 8.80 Å². The van der Waals surface area contributed by atoms with Gasteiger partial charge in [-0.1, -0.05) is 12.2 Å². The highest BCUT2D eigenvalue weighted by Crippen LogP contribution is 2.19. The molecule has 0 aromatic carbocycles. The van der Waals surface area contributed by atoms with Gasteiger partial charge in [0.05, 0.1) is 0 Å². The highest BCUT2D eigenvalue weighted by molar-refractivity contribution is 7.99. The van der Waals surface area contributed by atoms with Gasteiger partial charge in [-0.05, 0) is 33.4 Å². The van der Waals surface area contributed by atoms with Crippen molar-refractivity contribution in [3.05, 3.63) is 12.2 Å². The summed E-state index contributed by atoms with van der Waals surface area (Å²) in [5.74, 6) is 2.07. The number of thioether (sulfide) groups is 1. The molecule has 102 valence electrons. The summed E-state index contributed by atoms with van der Waals surface area (Å²) in [7, 11) is -2.40. The molecule has 0 heterocycles. The second-order valence-corrected chi connectivity index (χ2v) is 7.26. The molecule has 0 atom stereocenters. The minimum Gasteiger partial charge on any atom is -0.374 e. The SMILES string of the molecule is CC=CCSCC[Si](OCC)(OCC)OCC. The molecule has 3 nitrogen and oxygen atoms in total. The zero-order chi connectivity index (χ0) is 13.0. The van der Waals surface area contributed by atoms with E-state index in [1.165, 1.54) is 0 Å². The summed E-state index contributed by atoms with van der Waals surface area (Å²) in [6.45, 7) is 10.00. The molecule has 0 spiro atoms. The van der Waals surface area contributed by atoms with E-state index < -0.39 is 8.80 Å². The second-order valence-electron chi connectivity index (χ2n) is 3.38. The van der Waals surface area contributed by atoms with Crippen molar-refractivity contribution in [1.82, 2.24) is 0 Å². The Morgan fingerprint density at radius 1 is 1.00 bits per heavy atom. The summed E-state index contributed by atoms with van der Waals surface area (Å²) in [5, 5.41) is 0. The fourth-order valence-electron chi connectivity index (χ4n) is 1.45. The summed E-state index contributed by atoms with van der Waals surface area (Å²) in [6, 6.07) is 0.894. The third-order valence-electron chi connectivity index (χ3n) is 2.10. The molecule has 0 bridgehead atoms. The molecular formula is C12H26O3SSi. The van der Waals surface area contributed by atoms with E-state index in [0.29, 0.717) is 19.8 Å². The van der Waals surface area contributed by atoms with Crippen molar-refractivity contribution in [2.45, 2.75) is 33.7 Å². The molecule has 0 aliphatic carbocycles. The van der Waals surface area contributed by atoms with Gasteiger partial charge in [-0.3, -0.25) is 0 Å². The van der Waals surface area contributed by atoms with E-state index in [1.807, 2.05) is 39.5 Å². The van der Waals surface area contributed by atoms with Crippen LogP contribution in [0.3, 0.4) is 0 Å². The first-order valence-electron chi connectivity index (χ1n) is 6.35. The lowest BCUT2D eigenvalue weighted by molar-refractivity contribution is 0.0728. The maximum atomic E-state index is 5.78. The standard InChI is InChI=1S/C12H26O3SSi/c1-5-9-10-16-11-12-17(13-6-2,14-7-3)15-8-4/h5,9H,6-8,10-12H2,1-4H3. The second kappa shape index (κ2) is 11.3. The molecule has 0 fully saturated rings. The maximum Gasteiger partial charge on any atom is 0.501 e. The molecule has 0 radical (unpaired) electrons. The van der Waals surface area contributed by atoms with E-state index >= 15 is 0 Å². The Hall–Kier alpha value is 0.187. The van der Waals surface area contributed by atoms with Gasteiger partial charge in [-0.15, -0.1) is 0 Å². The Bertz CT molecular complexity index is 183. The van der Waals surface area contributed by atoms with Crippen molar-refractivity contribution >= 4 is 20.6 Å². The van der Waals surface area contributed by atoms with Crippen LogP contribution >= 0.6 is 11.8 Å². The third-order valence-corrected chi connectivity index (χ3v) is 6.43. The molecule has 0 rings (SSSR count). The first kappa shape index (κ1) is 17.2. The van der Waals surface area contributed by atoms with Crippen molar-refractivity contribution in [3.8, 4) is 0 Å². The summed E-state index contributed by atoms with van der Waals surface area (Å²) >= 11 is 1.89. The van der Waals surface area contributed by atoms with Crippen molar-refractivity contribution in [1.29, 1.82) is 0 Å². The van der Waals surface area contributed by atoms with Crippen LogP contribution in [0, 0.1) is 0 Å². The van der Waals surface area contributed by atoms with Gasteiger partial charge in [0.15, 0.2) is 0 Å². The molecular weight excluding hydrogens is 252 g/mol. The monoisotopic (exact) mass is 278 g/mol. The first-order valence-corrected chi connectivity index (χ1v) is 9.44. The highest BCUT2D eigenvalue weighted by atomic mass is 32.2. The van der Waals surface area contributed by atoms with E-state index in [-0.39, 0.29) is 0 Å². The molecule has 5 heteroatoms. The predicted octanol–water partition coefficient (Wildman–Crippen LogP) is 3.34. The first-order chi connectivity index (χ1) is 8.24. The van der Waals surface area contributed by atoms with Crippen molar-refractivity contribution in [2.75, 3.05) is 31.3 Å². The van der Waals surface area contributed by atoms with Crippen LogP contribution < -0.4 is 0 Å². The van der Waals surface area contributed by atoms with Crippen LogP contribution in [0.5, 0.6) is 0 Å². The molecule has 0 aromatic heterocycles. The molecule has 0 saturated heterocycles. The number of hydrogen-bond donors (Lipinski definition) is 0. The molecule has 0 aliphatic heterocycles. The van der Waals surface area contributed by atoms with Crippen LogP contribution in [0.2, 0.25) is 6.04 Å². The van der Waals surface area contributed by atoms with Gasteiger partial charge in [0.1, 0.15) is 0 Å². The largest absolute Gasteiger partial charge is 0.501 e. The Labute approximate surface area is 111 Å². The quantitative estimate of drug-likeness (QED) is 0.329. The summed E-state index contributed by atoms with van der Waals surface area (Å²) in [6.07, 6.45) is 4.24. The van der Waals surface area contributed by atoms with E-state index in [9.17, 15) is 0 Å². The van der Waals surface area contributed by atoms with Gasteiger partial charge in [-0.2, -0.15) is 11.8 Å². The zero-order valence-corrected chi connectivity index (χ0v) is 13.3. The van der Waals surface area contributed by atoms with E-state index in [1.54, 1.807) is 0 Å². The van der Waals surface area contributed by atoms with Gasteiger partial charge in [0.25, 0.3) is 0 Å². The van der Waals surface area contributed by atoms with E-state index in [4.69, 9.17) is 13.3 Å². The molecule has 0 N–H and O–H groups in total. The normalized spacial score (nSPS) is 12.5. The van der Waals surface area contributed by atoms with Crippen LogP contribution in [0.4, 0.5) is 0 Å². The molecule has 0 amide bonds. The fourth-order valence-corrected chi connectivity index (χ4v) is 5.52. The lowest BCUT2D eigenvalue weighted by atomic mass is 10.6. The van der Waals surface area contributed by atoms with Crippen LogP contribution in [0.1, 0.15) is 27.7 Å². The van der Waals surface area contributed by atoms with Gasteiger partial charge in [0, 0.05) is 31.6 Å². The Morgan fingerprint density at radius 3 is 1.94 bits per heavy atom. The molecule has 0 aromatic rings. The lowest BCUT2D eigenvalue weighted by Gasteiger charge is -2.28. The van der Waals surface area contributed by atoms with Crippen LogP contribution in [-0.4, -0.2) is 40.1 Å². The number of hydrogen-bond acceptors (Lipinski definition) is 4. The average molecular weight is 278 g/mol. The molecule has 0 unspecified atom stereocenters. The third kappa shape index (κ3) is 7.99. The summed E-state index contributed by atoms with van der Waals surface area (Å²) < 4.78 is 17.3. The zero-order valence-electron chi connectivity index (χ0n) is 11.5. The van der Waals surface area contributed by atoms with Gasteiger partial charge in [-0.25, -0.2) is 0 Å². The fraction of sp³-hybridized carbons (Fsp3) is 0.833. The highest BCUT2D eigenvalue weighted by Gasteiger charge is 2.39. The summed E-state index contributed by atoms with van der Waals surface area (Å²) in [5.41, 5.74) is 0.